The number of benzene rings is 1. The van der Waals surface area contributed by atoms with Crippen LogP contribution in [-0.4, -0.2) is 16.7 Å². The third-order valence-corrected chi connectivity index (χ3v) is 3.22. The molecule has 3 heteroatoms. The zero-order chi connectivity index (χ0) is 10.5. The zero-order valence-corrected chi connectivity index (χ0v) is 9.15. The molecule has 0 saturated carbocycles. The van der Waals surface area contributed by atoms with Crippen molar-refractivity contribution in [2.24, 2.45) is 0 Å². The highest BCUT2D eigenvalue weighted by Gasteiger charge is 2.11. The number of hydrogen-bond acceptors (Lipinski definition) is 3. The first kappa shape index (κ1) is 10.3. The summed E-state index contributed by atoms with van der Waals surface area (Å²) in [5, 5.41) is 9.36. The van der Waals surface area contributed by atoms with Gasteiger partial charge < -0.3 is 5.11 Å². The zero-order valence-electron chi connectivity index (χ0n) is 8.34. The van der Waals surface area contributed by atoms with Crippen LogP contribution in [0.1, 0.15) is 16.4 Å². The molecule has 0 spiro atoms. The van der Waals surface area contributed by atoms with Gasteiger partial charge in [-0.1, -0.05) is 30.3 Å². The lowest BCUT2D eigenvalue weighted by Gasteiger charge is -2.12. The molecule has 0 radical (unpaired) electrons. The Bertz CT molecular complexity index is 385. The van der Waals surface area contributed by atoms with Crippen molar-refractivity contribution in [3.05, 3.63) is 52.5 Å². The maximum Gasteiger partial charge on any atom is 0.0794 e. The number of aliphatic hydroxyl groups excluding tert-OH is 1. The van der Waals surface area contributed by atoms with E-state index < -0.39 is 0 Å². The number of nitrogens with zero attached hydrogens (tertiary/aromatic N) is 1. The van der Waals surface area contributed by atoms with Gasteiger partial charge in [0, 0.05) is 17.0 Å². The molecule has 0 saturated heterocycles. The minimum atomic E-state index is 0.182. The number of hydrogen-bond donors (Lipinski definition) is 1. The second-order valence-corrected chi connectivity index (χ2v) is 4.43. The highest BCUT2D eigenvalue weighted by molar-refractivity contribution is 7.09. The van der Waals surface area contributed by atoms with Gasteiger partial charge in [-0.2, -0.15) is 0 Å². The van der Waals surface area contributed by atoms with Gasteiger partial charge in [-0.25, -0.2) is 0 Å². The predicted octanol–water partition coefficient (Wildman–Crippen LogP) is 2.46. The van der Waals surface area contributed by atoms with Crippen molar-refractivity contribution in [3.63, 3.8) is 0 Å². The number of thiazole rings is 1. The Hall–Kier alpha value is -1.19. The van der Waals surface area contributed by atoms with Crippen LogP contribution >= 0.6 is 11.3 Å². The van der Waals surface area contributed by atoms with Crippen LogP contribution < -0.4 is 0 Å². The van der Waals surface area contributed by atoms with E-state index in [2.05, 4.69) is 17.1 Å². The fourth-order valence-corrected chi connectivity index (χ4v) is 2.28. The third kappa shape index (κ3) is 2.64. The fourth-order valence-electron chi connectivity index (χ4n) is 1.60. The minimum Gasteiger partial charge on any atom is -0.396 e. The molecular formula is C12H13NOS. The Morgan fingerprint density at radius 1 is 1.27 bits per heavy atom. The van der Waals surface area contributed by atoms with Crippen molar-refractivity contribution in [1.29, 1.82) is 0 Å². The van der Waals surface area contributed by atoms with Crippen molar-refractivity contribution < 1.29 is 5.11 Å². The van der Waals surface area contributed by atoms with Crippen LogP contribution in [-0.2, 0) is 6.42 Å². The molecule has 0 aliphatic heterocycles. The maximum atomic E-state index is 9.36. The van der Waals surface area contributed by atoms with E-state index >= 15 is 0 Å². The second kappa shape index (κ2) is 5.05. The highest BCUT2D eigenvalue weighted by atomic mass is 32.1. The lowest BCUT2D eigenvalue weighted by molar-refractivity contribution is 0.265. The van der Waals surface area contributed by atoms with Crippen molar-refractivity contribution in [2.75, 3.05) is 6.61 Å². The Labute approximate surface area is 93.2 Å². The molecule has 0 fully saturated rings. The molecule has 0 aliphatic rings. The summed E-state index contributed by atoms with van der Waals surface area (Å²) in [4.78, 5) is 5.26. The quantitative estimate of drug-likeness (QED) is 0.857. The Kier molecular flexibility index (Phi) is 3.48. The summed E-state index contributed by atoms with van der Waals surface area (Å²) in [6, 6.07) is 10.1. The molecule has 0 aliphatic carbocycles. The van der Waals surface area contributed by atoms with E-state index in [4.69, 9.17) is 0 Å². The molecule has 78 valence electrons. The first-order valence-corrected chi connectivity index (χ1v) is 5.81. The van der Waals surface area contributed by atoms with Crippen molar-refractivity contribution in [3.8, 4) is 0 Å². The summed E-state index contributed by atoms with van der Waals surface area (Å²) in [6.07, 6.45) is 2.74. The monoisotopic (exact) mass is 219 g/mol. The Balaban J connectivity index is 2.12. The molecule has 1 N–H and O–H groups in total. The fraction of sp³-hybridized carbons (Fsp3) is 0.250. The molecule has 1 atom stereocenters. The van der Waals surface area contributed by atoms with Gasteiger partial charge in [0.15, 0.2) is 0 Å². The molecule has 1 aromatic heterocycles. The summed E-state index contributed by atoms with van der Waals surface area (Å²) in [6.45, 7) is 0.182. The second-order valence-electron chi connectivity index (χ2n) is 3.46. The summed E-state index contributed by atoms with van der Waals surface area (Å²) >= 11 is 1.64. The van der Waals surface area contributed by atoms with Gasteiger partial charge in [-0.3, -0.25) is 4.98 Å². The van der Waals surface area contributed by atoms with Crippen molar-refractivity contribution >= 4 is 11.3 Å². The van der Waals surface area contributed by atoms with E-state index in [9.17, 15) is 5.11 Å². The average molecular weight is 219 g/mol. The Morgan fingerprint density at radius 2 is 2.07 bits per heavy atom. The van der Waals surface area contributed by atoms with Crippen LogP contribution in [0.25, 0.3) is 0 Å². The molecule has 1 unspecified atom stereocenters. The maximum absolute atomic E-state index is 9.36. The summed E-state index contributed by atoms with van der Waals surface area (Å²) in [7, 11) is 0. The van der Waals surface area contributed by atoms with Crippen LogP contribution in [0.15, 0.2) is 42.0 Å². The van der Waals surface area contributed by atoms with E-state index in [1.54, 1.807) is 11.3 Å². The highest BCUT2D eigenvalue weighted by Crippen LogP contribution is 2.21. The van der Waals surface area contributed by atoms with Gasteiger partial charge in [0.2, 0.25) is 0 Å². The van der Waals surface area contributed by atoms with Gasteiger partial charge in [0.1, 0.15) is 0 Å². The predicted molar refractivity (Wildman–Crippen MR) is 62.1 cm³/mol. The summed E-state index contributed by atoms with van der Waals surface area (Å²) in [5.41, 5.74) is 3.02. The minimum absolute atomic E-state index is 0.182. The van der Waals surface area contributed by atoms with E-state index in [0.29, 0.717) is 0 Å². The molecule has 1 aromatic carbocycles. The van der Waals surface area contributed by atoms with Gasteiger partial charge in [0.05, 0.1) is 12.1 Å². The lowest BCUT2D eigenvalue weighted by Crippen LogP contribution is -2.06. The van der Waals surface area contributed by atoms with Crippen molar-refractivity contribution in [1.82, 2.24) is 4.98 Å². The van der Waals surface area contributed by atoms with Crippen LogP contribution in [0, 0.1) is 0 Å². The molecule has 0 bridgehead atoms. The lowest BCUT2D eigenvalue weighted by atomic mass is 9.96. The van der Waals surface area contributed by atoms with Crippen molar-refractivity contribution in [2.45, 2.75) is 12.3 Å². The Morgan fingerprint density at radius 3 is 2.67 bits per heavy atom. The van der Waals surface area contributed by atoms with Crippen LogP contribution in [0.3, 0.4) is 0 Å². The summed E-state index contributed by atoms with van der Waals surface area (Å²) < 4.78 is 0. The van der Waals surface area contributed by atoms with Gasteiger partial charge in [-0.15, -0.1) is 11.3 Å². The molecule has 2 aromatic rings. The van der Waals surface area contributed by atoms with E-state index in [0.717, 1.165) is 6.42 Å². The van der Waals surface area contributed by atoms with Gasteiger partial charge in [0.25, 0.3) is 0 Å². The summed E-state index contributed by atoms with van der Waals surface area (Å²) in [5.74, 6) is 0.187. The number of rotatable bonds is 4. The molecular weight excluding hydrogens is 206 g/mol. The van der Waals surface area contributed by atoms with E-state index in [1.165, 1.54) is 10.4 Å². The largest absolute Gasteiger partial charge is 0.396 e. The van der Waals surface area contributed by atoms with Gasteiger partial charge >= 0.3 is 0 Å². The third-order valence-electron chi connectivity index (χ3n) is 2.42. The topological polar surface area (TPSA) is 33.1 Å². The first-order chi connectivity index (χ1) is 7.40. The smallest absolute Gasteiger partial charge is 0.0794 e. The number of aliphatic hydroxyl groups is 1. The molecule has 1 heterocycles. The van der Waals surface area contributed by atoms with Crippen LogP contribution in [0.2, 0.25) is 0 Å². The molecule has 2 nitrogen and oxygen atoms in total. The van der Waals surface area contributed by atoms with Crippen LogP contribution in [0.5, 0.6) is 0 Å². The average Bonchev–Trinajstić information content (AvgIpc) is 2.80. The SMILES string of the molecule is OCC(Cc1cncs1)c1ccccc1. The standard InChI is InChI=1S/C12H13NOS/c14-8-11(6-12-7-13-9-15-12)10-4-2-1-3-5-10/h1-5,7,9,11,14H,6,8H2. The van der Waals surface area contributed by atoms with E-state index in [-0.39, 0.29) is 12.5 Å². The van der Waals surface area contributed by atoms with E-state index in [1.807, 2.05) is 29.9 Å². The molecule has 2 rings (SSSR count). The first-order valence-electron chi connectivity index (χ1n) is 4.93. The normalized spacial score (nSPS) is 12.6. The molecule has 0 amide bonds. The van der Waals surface area contributed by atoms with Crippen LogP contribution in [0.4, 0.5) is 0 Å². The van der Waals surface area contributed by atoms with Gasteiger partial charge in [-0.05, 0) is 12.0 Å². The molecule has 15 heavy (non-hydrogen) atoms. The number of aromatic nitrogens is 1.